The molecule has 1 heterocycles. The monoisotopic (exact) mass is 243 g/mol. The summed E-state index contributed by atoms with van der Waals surface area (Å²) in [7, 11) is 1.67. The highest BCUT2D eigenvalue weighted by molar-refractivity contribution is 5.86. The second-order valence-electron chi connectivity index (χ2n) is 5.04. The van der Waals surface area contributed by atoms with Gasteiger partial charge in [-0.1, -0.05) is 12.5 Å². The number of fused-ring (bicyclic) bond motifs is 1. The zero-order chi connectivity index (χ0) is 12.6. The smallest absolute Gasteiger partial charge is 0.119 e. The summed E-state index contributed by atoms with van der Waals surface area (Å²) in [6.07, 6.45) is 5.04. The molecule has 1 aromatic heterocycles. The van der Waals surface area contributed by atoms with E-state index < -0.39 is 0 Å². The molecular formula is C15H17NO2. The molecule has 0 atom stereocenters. The summed E-state index contributed by atoms with van der Waals surface area (Å²) >= 11 is 0. The highest BCUT2D eigenvalue weighted by Crippen LogP contribution is 2.45. The van der Waals surface area contributed by atoms with Crippen LogP contribution in [0, 0.1) is 0 Å². The Balaban J connectivity index is 2.21. The third-order valence-corrected chi connectivity index (χ3v) is 4.09. The van der Waals surface area contributed by atoms with Crippen LogP contribution >= 0.6 is 0 Å². The van der Waals surface area contributed by atoms with Gasteiger partial charge in [0.25, 0.3) is 0 Å². The molecule has 94 valence electrons. The van der Waals surface area contributed by atoms with Gasteiger partial charge >= 0.3 is 0 Å². The second kappa shape index (κ2) is 4.25. The summed E-state index contributed by atoms with van der Waals surface area (Å²) in [5.41, 5.74) is 0.888. The molecule has 3 nitrogen and oxygen atoms in total. The maximum absolute atomic E-state index is 9.70. The molecule has 1 aromatic carbocycles. The lowest BCUT2D eigenvalue weighted by atomic mass is 9.66. The molecule has 1 aliphatic rings. The Morgan fingerprint density at radius 1 is 1.33 bits per heavy atom. The number of aliphatic hydroxyl groups is 1. The van der Waals surface area contributed by atoms with Crippen molar-refractivity contribution in [2.45, 2.75) is 24.7 Å². The van der Waals surface area contributed by atoms with Crippen LogP contribution < -0.4 is 4.74 Å². The number of benzene rings is 1. The van der Waals surface area contributed by atoms with Crippen molar-refractivity contribution in [1.29, 1.82) is 0 Å². The molecule has 0 unspecified atom stereocenters. The van der Waals surface area contributed by atoms with Crippen LogP contribution in [0.15, 0.2) is 30.5 Å². The van der Waals surface area contributed by atoms with Gasteiger partial charge in [0.15, 0.2) is 0 Å². The lowest BCUT2D eigenvalue weighted by molar-refractivity contribution is 0.118. The van der Waals surface area contributed by atoms with Crippen molar-refractivity contribution in [2.24, 2.45) is 0 Å². The third kappa shape index (κ3) is 1.58. The van der Waals surface area contributed by atoms with E-state index in [1.54, 1.807) is 7.11 Å². The van der Waals surface area contributed by atoms with Crippen molar-refractivity contribution in [3.63, 3.8) is 0 Å². The average molecular weight is 243 g/mol. The molecule has 1 N–H and O–H groups in total. The quantitative estimate of drug-likeness (QED) is 0.901. The third-order valence-electron chi connectivity index (χ3n) is 4.09. The molecule has 0 amide bonds. The highest BCUT2D eigenvalue weighted by atomic mass is 16.5. The molecule has 0 radical (unpaired) electrons. The Hall–Kier alpha value is -1.61. The number of hydrogen-bond donors (Lipinski definition) is 1. The first-order valence-corrected chi connectivity index (χ1v) is 6.33. The second-order valence-corrected chi connectivity index (χ2v) is 5.04. The number of ether oxygens (including phenoxy) is 1. The van der Waals surface area contributed by atoms with Gasteiger partial charge in [-0.05, 0) is 36.4 Å². The first kappa shape index (κ1) is 11.5. The van der Waals surface area contributed by atoms with E-state index in [1.807, 2.05) is 30.5 Å². The van der Waals surface area contributed by atoms with Crippen molar-refractivity contribution >= 4 is 10.8 Å². The summed E-state index contributed by atoms with van der Waals surface area (Å²) in [6, 6.07) is 8.02. The maximum atomic E-state index is 9.70. The van der Waals surface area contributed by atoms with Crippen LogP contribution in [0.2, 0.25) is 0 Å². The Morgan fingerprint density at radius 2 is 2.17 bits per heavy atom. The van der Waals surface area contributed by atoms with Crippen LogP contribution in [0.1, 0.15) is 25.0 Å². The molecule has 3 rings (SSSR count). The maximum Gasteiger partial charge on any atom is 0.119 e. The van der Waals surface area contributed by atoms with Crippen LogP contribution in [0.25, 0.3) is 10.8 Å². The molecule has 2 aromatic rings. The first-order valence-electron chi connectivity index (χ1n) is 6.33. The molecule has 0 aliphatic heterocycles. The fraction of sp³-hybridized carbons (Fsp3) is 0.400. The zero-order valence-electron chi connectivity index (χ0n) is 10.5. The lowest BCUT2D eigenvalue weighted by Gasteiger charge is -2.40. The fourth-order valence-electron chi connectivity index (χ4n) is 2.77. The van der Waals surface area contributed by atoms with Crippen LogP contribution in [0.5, 0.6) is 5.75 Å². The van der Waals surface area contributed by atoms with E-state index in [4.69, 9.17) is 4.74 Å². The van der Waals surface area contributed by atoms with Crippen LogP contribution in [-0.2, 0) is 5.41 Å². The summed E-state index contributed by atoms with van der Waals surface area (Å²) in [4.78, 5) is 4.53. The molecule has 1 fully saturated rings. The van der Waals surface area contributed by atoms with Gasteiger partial charge in [-0.15, -0.1) is 0 Å². The van der Waals surface area contributed by atoms with E-state index in [-0.39, 0.29) is 12.0 Å². The zero-order valence-corrected chi connectivity index (χ0v) is 10.5. The number of hydrogen-bond acceptors (Lipinski definition) is 3. The predicted molar refractivity (Wildman–Crippen MR) is 70.9 cm³/mol. The van der Waals surface area contributed by atoms with Crippen LogP contribution in [0.3, 0.4) is 0 Å². The molecule has 18 heavy (non-hydrogen) atoms. The minimum absolute atomic E-state index is 0.133. The number of rotatable bonds is 3. The molecular weight excluding hydrogens is 226 g/mol. The van der Waals surface area contributed by atoms with Gasteiger partial charge in [0.05, 0.1) is 19.4 Å². The van der Waals surface area contributed by atoms with E-state index >= 15 is 0 Å². The van der Waals surface area contributed by atoms with Gasteiger partial charge in [-0.25, -0.2) is 0 Å². The van der Waals surface area contributed by atoms with Crippen molar-refractivity contribution < 1.29 is 9.84 Å². The number of pyridine rings is 1. The molecule has 1 aliphatic carbocycles. The number of nitrogens with zero attached hydrogens (tertiary/aromatic N) is 1. The fourth-order valence-corrected chi connectivity index (χ4v) is 2.77. The van der Waals surface area contributed by atoms with Gasteiger partial charge in [0, 0.05) is 17.0 Å². The Labute approximate surface area is 106 Å². The van der Waals surface area contributed by atoms with Crippen molar-refractivity contribution in [3.05, 3.63) is 36.2 Å². The summed E-state index contributed by atoms with van der Waals surface area (Å²) in [5, 5.41) is 12.0. The van der Waals surface area contributed by atoms with Gasteiger partial charge < -0.3 is 9.84 Å². The van der Waals surface area contributed by atoms with Crippen molar-refractivity contribution in [3.8, 4) is 5.75 Å². The number of aromatic nitrogens is 1. The summed E-state index contributed by atoms with van der Waals surface area (Å²) in [5.74, 6) is 0.837. The van der Waals surface area contributed by atoms with Crippen LogP contribution in [0.4, 0.5) is 0 Å². The van der Waals surface area contributed by atoms with Gasteiger partial charge in [0.2, 0.25) is 0 Å². The van der Waals surface area contributed by atoms with E-state index in [0.717, 1.165) is 35.1 Å². The Bertz CT molecular complexity index is 570. The average Bonchev–Trinajstić information content (AvgIpc) is 2.38. The molecule has 3 heteroatoms. The topological polar surface area (TPSA) is 42.4 Å². The lowest BCUT2D eigenvalue weighted by Crippen LogP contribution is -2.38. The predicted octanol–water partition coefficient (Wildman–Crippen LogP) is 2.66. The summed E-state index contributed by atoms with van der Waals surface area (Å²) < 4.78 is 5.28. The van der Waals surface area contributed by atoms with E-state index in [9.17, 15) is 5.11 Å². The van der Waals surface area contributed by atoms with Gasteiger partial charge in [-0.2, -0.15) is 0 Å². The number of aliphatic hydroxyl groups excluding tert-OH is 1. The van der Waals surface area contributed by atoms with Crippen molar-refractivity contribution in [2.75, 3.05) is 13.7 Å². The van der Waals surface area contributed by atoms with E-state index in [1.165, 1.54) is 6.42 Å². The van der Waals surface area contributed by atoms with E-state index in [2.05, 4.69) is 4.98 Å². The number of methoxy groups -OCH3 is 1. The minimum Gasteiger partial charge on any atom is -0.497 e. The molecule has 1 saturated carbocycles. The summed E-state index contributed by atoms with van der Waals surface area (Å²) in [6.45, 7) is 0.177. The van der Waals surface area contributed by atoms with Crippen LogP contribution in [-0.4, -0.2) is 23.8 Å². The SMILES string of the molecule is COc1ccc2ccnc(C3(CO)CCC3)c2c1. The normalized spacial score (nSPS) is 17.4. The Morgan fingerprint density at radius 3 is 2.78 bits per heavy atom. The minimum atomic E-state index is -0.133. The first-order chi connectivity index (χ1) is 8.79. The largest absolute Gasteiger partial charge is 0.497 e. The van der Waals surface area contributed by atoms with Gasteiger partial charge in [-0.3, -0.25) is 4.98 Å². The standard InChI is InChI=1S/C15H17NO2/c1-18-12-4-3-11-5-8-16-14(13(11)9-12)15(10-17)6-2-7-15/h3-5,8-9,17H,2,6-7,10H2,1H3. The molecule has 0 spiro atoms. The van der Waals surface area contributed by atoms with E-state index in [0.29, 0.717) is 0 Å². The Kier molecular flexibility index (Phi) is 2.71. The highest BCUT2D eigenvalue weighted by Gasteiger charge is 2.40. The van der Waals surface area contributed by atoms with Gasteiger partial charge in [0.1, 0.15) is 5.75 Å². The van der Waals surface area contributed by atoms with Crippen molar-refractivity contribution in [1.82, 2.24) is 4.98 Å². The molecule has 0 saturated heterocycles. The molecule has 0 bridgehead atoms.